The number of nitrogens with one attached hydrogen (secondary N) is 1. The van der Waals surface area contributed by atoms with Crippen molar-refractivity contribution in [3.63, 3.8) is 0 Å². The first kappa shape index (κ1) is 17.9. The predicted molar refractivity (Wildman–Crippen MR) is 101 cm³/mol. The van der Waals surface area contributed by atoms with Crippen molar-refractivity contribution in [3.8, 4) is 0 Å². The fourth-order valence-corrected chi connectivity index (χ4v) is 3.35. The van der Waals surface area contributed by atoms with Crippen molar-refractivity contribution in [2.24, 2.45) is 5.92 Å². The third-order valence-corrected chi connectivity index (χ3v) is 4.95. The quantitative estimate of drug-likeness (QED) is 0.788. The molecule has 1 aromatic carbocycles. The standard InChI is InChI=1S/C20H29N3O2/c1-15(2)11-13-22(16-9-10-16)14-19(24)21-17-6-3-4-7-18(17)23-12-5-8-20(23)25/h3-4,6-7,15-16H,5,8-14H2,1-2H3,(H,21,24). The van der Waals surface area contributed by atoms with Gasteiger partial charge in [0.05, 0.1) is 17.9 Å². The number of para-hydroxylation sites is 2. The molecule has 2 fully saturated rings. The van der Waals surface area contributed by atoms with Gasteiger partial charge < -0.3 is 10.2 Å². The molecule has 1 heterocycles. The van der Waals surface area contributed by atoms with Crippen LogP contribution in [0, 0.1) is 5.92 Å². The van der Waals surface area contributed by atoms with E-state index in [1.54, 1.807) is 4.90 Å². The lowest BCUT2D eigenvalue weighted by Gasteiger charge is -2.24. The molecule has 0 unspecified atom stereocenters. The minimum absolute atomic E-state index is 0.00903. The van der Waals surface area contributed by atoms with Gasteiger partial charge in [-0.1, -0.05) is 26.0 Å². The highest BCUT2D eigenvalue weighted by Crippen LogP contribution is 2.30. The molecule has 1 aromatic rings. The fraction of sp³-hybridized carbons (Fsp3) is 0.600. The summed E-state index contributed by atoms with van der Waals surface area (Å²) in [6.45, 7) is 6.57. The largest absolute Gasteiger partial charge is 0.323 e. The number of hydrogen-bond acceptors (Lipinski definition) is 3. The van der Waals surface area contributed by atoms with E-state index in [4.69, 9.17) is 0 Å². The lowest BCUT2D eigenvalue weighted by Crippen LogP contribution is -2.36. The van der Waals surface area contributed by atoms with E-state index < -0.39 is 0 Å². The van der Waals surface area contributed by atoms with E-state index in [1.165, 1.54) is 12.8 Å². The first-order valence-electron chi connectivity index (χ1n) is 9.48. The molecule has 25 heavy (non-hydrogen) atoms. The molecule has 0 radical (unpaired) electrons. The van der Waals surface area contributed by atoms with Crippen molar-refractivity contribution in [2.45, 2.75) is 52.0 Å². The Hall–Kier alpha value is -1.88. The molecule has 2 amide bonds. The predicted octanol–water partition coefficient (Wildman–Crippen LogP) is 3.26. The Morgan fingerprint density at radius 2 is 2.08 bits per heavy atom. The minimum Gasteiger partial charge on any atom is -0.323 e. The summed E-state index contributed by atoms with van der Waals surface area (Å²) in [6, 6.07) is 8.18. The van der Waals surface area contributed by atoms with Crippen LogP contribution in [0.15, 0.2) is 24.3 Å². The van der Waals surface area contributed by atoms with Crippen LogP contribution in [0.3, 0.4) is 0 Å². The van der Waals surface area contributed by atoms with Gasteiger partial charge in [0.2, 0.25) is 11.8 Å². The average Bonchev–Trinajstić information content (AvgIpc) is 3.33. The van der Waals surface area contributed by atoms with Crippen molar-refractivity contribution >= 4 is 23.2 Å². The van der Waals surface area contributed by atoms with Crippen LogP contribution in [-0.4, -0.2) is 42.4 Å². The molecule has 5 heteroatoms. The molecular weight excluding hydrogens is 314 g/mol. The Bertz CT molecular complexity index is 625. The zero-order chi connectivity index (χ0) is 17.8. The lowest BCUT2D eigenvalue weighted by molar-refractivity contribution is -0.118. The number of carbonyl (C=O) groups excluding carboxylic acids is 2. The van der Waals surface area contributed by atoms with E-state index in [9.17, 15) is 9.59 Å². The van der Waals surface area contributed by atoms with Gasteiger partial charge in [-0.3, -0.25) is 14.5 Å². The first-order valence-corrected chi connectivity index (χ1v) is 9.48. The molecule has 1 aliphatic carbocycles. The van der Waals surface area contributed by atoms with E-state index in [2.05, 4.69) is 24.1 Å². The molecule has 1 saturated carbocycles. The molecule has 3 rings (SSSR count). The van der Waals surface area contributed by atoms with Gasteiger partial charge in [-0.15, -0.1) is 0 Å². The Labute approximate surface area is 150 Å². The van der Waals surface area contributed by atoms with Gasteiger partial charge in [0.1, 0.15) is 0 Å². The fourth-order valence-electron chi connectivity index (χ4n) is 3.35. The maximum atomic E-state index is 12.6. The molecule has 0 atom stereocenters. The number of hydrogen-bond donors (Lipinski definition) is 1. The van der Waals surface area contributed by atoms with Crippen LogP contribution in [0.5, 0.6) is 0 Å². The lowest BCUT2D eigenvalue weighted by atomic mass is 10.1. The summed E-state index contributed by atoms with van der Waals surface area (Å²) in [5.41, 5.74) is 1.56. The number of benzene rings is 1. The van der Waals surface area contributed by atoms with Gasteiger partial charge in [-0.2, -0.15) is 0 Å². The second kappa shape index (κ2) is 8.00. The van der Waals surface area contributed by atoms with Crippen LogP contribution in [0.2, 0.25) is 0 Å². The van der Waals surface area contributed by atoms with Crippen molar-refractivity contribution in [2.75, 3.05) is 29.9 Å². The van der Waals surface area contributed by atoms with E-state index in [0.717, 1.165) is 37.3 Å². The van der Waals surface area contributed by atoms with Gasteiger partial charge in [-0.25, -0.2) is 0 Å². The molecule has 1 aliphatic heterocycles. The Morgan fingerprint density at radius 3 is 2.72 bits per heavy atom. The van der Waals surface area contributed by atoms with Crippen LogP contribution in [0.25, 0.3) is 0 Å². The zero-order valence-electron chi connectivity index (χ0n) is 15.3. The van der Waals surface area contributed by atoms with Crippen LogP contribution in [0.1, 0.15) is 46.0 Å². The normalized spacial score (nSPS) is 17.6. The molecule has 5 nitrogen and oxygen atoms in total. The molecule has 0 bridgehead atoms. The highest BCUT2D eigenvalue weighted by atomic mass is 16.2. The monoisotopic (exact) mass is 343 g/mol. The number of nitrogens with zero attached hydrogens (tertiary/aromatic N) is 2. The number of amides is 2. The Balaban J connectivity index is 1.63. The van der Waals surface area contributed by atoms with Crippen molar-refractivity contribution in [3.05, 3.63) is 24.3 Å². The third kappa shape index (κ3) is 4.82. The van der Waals surface area contributed by atoms with E-state index >= 15 is 0 Å². The summed E-state index contributed by atoms with van der Waals surface area (Å²) in [5, 5.41) is 3.03. The Kier molecular flexibility index (Phi) is 5.74. The summed E-state index contributed by atoms with van der Waals surface area (Å²) in [6.07, 6.45) is 4.98. The minimum atomic E-state index is 0.00903. The van der Waals surface area contributed by atoms with Crippen molar-refractivity contribution in [1.29, 1.82) is 0 Å². The molecule has 1 N–H and O–H groups in total. The number of rotatable bonds is 8. The van der Waals surface area contributed by atoms with Crippen LogP contribution >= 0.6 is 0 Å². The first-order chi connectivity index (χ1) is 12.0. The third-order valence-electron chi connectivity index (χ3n) is 4.95. The van der Waals surface area contributed by atoms with Gasteiger partial charge in [0, 0.05) is 19.0 Å². The summed E-state index contributed by atoms with van der Waals surface area (Å²) in [5.74, 6) is 0.791. The van der Waals surface area contributed by atoms with E-state index in [0.29, 0.717) is 24.9 Å². The average molecular weight is 343 g/mol. The SMILES string of the molecule is CC(C)CCN(CC(=O)Nc1ccccc1N1CCCC1=O)C1CC1. The summed E-state index contributed by atoms with van der Waals surface area (Å²) in [4.78, 5) is 28.7. The van der Waals surface area contributed by atoms with Gasteiger partial charge >= 0.3 is 0 Å². The smallest absolute Gasteiger partial charge is 0.238 e. The second-order valence-electron chi connectivity index (χ2n) is 7.60. The topological polar surface area (TPSA) is 52.7 Å². The molecule has 136 valence electrons. The molecule has 0 aromatic heterocycles. The van der Waals surface area contributed by atoms with Gasteiger partial charge in [0.25, 0.3) is 0 Å². The molecule has 2 aliphatic rings. The maximum absolute atomic E-state index is 12.6. The highest BCUT2D eigenvalue weighted by molar-refractivity contribution is 6.02. The molecule has 1 saturated heterocycles. The summed E-state index contributed by atoms with van der Waals surface area (Å²) in [7, 11) is 0. The second-order valence-corrected chi connectivity index (χ2v) is 7.60. The molecule has 0 spiro atoms. The number of anilines is 2. The highest BCUT2D eigenvalue weighted by Gasteiger charge is 2.30. The van der Waals surface area contributed by atoms with Crippen LogP contribution in [-0.2, 0) is 9.59 Å². The Morgan fingerprint density at radius 1 is 1.32 bits per heavy atom. The summed E-state index contributed by atoms with van der Waals surface area (Å²) >= 11 is 0. The summed E-state index contributed by atoms with van der Waals surface area (Å²) < 4.78 is 0. The molecular formula is C20H29N3O2. The van der Waals surface area contributed by atoms with E-state index in [1.807, 2.05) is 24.3 Å². The van der Waals surface area contributed by atoms with Crippen molar-refractivity contribution in [1.82, 2.24) is 4.90 Å². The van der Waals surface area contributed by atoms with Gasteiger partial charge in [-0.05, 0) is 50.3 Å². The number of carbonyl (C=O) groups is 2. The zero-order valence-corrected chi connectivity index (χ0v) is 15.3. The van der Waals surface area contributed by atoms with E-state index in [-0.39, 0.29) is 11.8 Å². The van der Waals surface area contributed by atoms with Crippen LogP contribution < -0.4 is 10.2 Å². The van der Waals surface area contributed by atoms with Gasteiger partial charge in [0.15, 0.2) is 0 Å². The van der Waals surface area contributed by atoms with Crippen LogP contribution in [0.4, 0.5) is 11.4 Å². The van der Waals surface area contributed by atoms with Crippen molar-refractivity contribution < 1.29 is 9.59 Å². The maximum Gasteiger partial charge on any atom is 0.238 e.